The minimum atomic E-state index is -1.02. The maximum Gasteiger partial charge on any atom is 0.519 e. The molecule has 1 rings (SSSR count). The number of carbonyl (C=O) groups is 2. The summed E-state index contributed by atoms with van der Waals surface area (Å²) in [6, 6.07) is -0.688. The van der Waals surface area contributed by atoms with Crippen molar-refractivity contribution in [2.24, 2.45) is 0 Å². The van der Waals surface area contributed by atoms with Crippen molar-refractivity contribution in [2.45, 2.75) is 45.7 Å². The number of hydrogen-bond donors (Lipinski definition) is 1. The van der Waals surface area contributed by atoms with Crippen LogP contribution in [-0.2, 0) is 9.53 Å². The highest BCUT2D eigenvalue weighted by atomic mass is 16.5. The van der Waals surface area contributed by atoms with Gasteiger partial charge in [-0.3, -0.25) is 0 Å². The van der Waals surface area contributed by atoms with Gasteiger partial charge in [0, 0.05) is 6.42 Å². The fourth-order valence-electron chi connectivity index (χ4n) is 2.30. The Hall–Kier alpha value is -1.36. The van der Waals surface area contributed by atoms with Crippen LogP contribution in [0, 0.1) is 0 Å². The van der Waals surface area contributed by atoms with Crippen LogP contribution >= 0.6 is 0 Å². The Morgan fingerprint density at radius 3 is 2.47 bits per heavy atom. The van der Waals surface area contributed by atoms with Crippen LogP contribution in [0.4, 0.5) is 4.79 Å². The molecular weight excluding hydrogens is 222 g/mol. The Morgan fingerprint density at radius 1 is 1.47 bits per heavy atom. The normalized spacial score (nSPS) is 28.1. The Kier molecular flexibility index (Phi) is 3.62. The molecule has 0 spiro atoms. The van der Waals surface area contributed by atoms with Gasteiger partial charge >= 0.3 is 12.1 Å². The molecule has 0 aromatic rings. The molecule has 0 aromatic heterocycles. The average molecular weight is 242 g/mol. The number of ether oxygens (including phenoxy) is 1. The zero-order valence-corrected chi connectivity index (χ0v) is 10.8. The maximum absolute atomic E-state index is 11.9. The lowest BCUT2D eigenvalue weighted by Crippen LogP contribution is -2.65. The summed E-state index contributed by atoms with van der Waals surface area (Å²) < 4.78 is 4.57. The third-order valence-electron chi connectivity index (χ3n) is 3.18. The quantitative estimate of drug-likeness (QED) is 0.595. The molecule has 0 aliphatic carbocycles. The number of esters is 1. The van der Waals surface area contributed by atoms with Crippen LogP contribution in [0.2, 0.25) is 0 Å². The zero-order valence-electron chi connectivity index (χ0n) is 10.8. The number of carbonyl (C=O) groups excluding carboxylic acids is 1. The molecule has 5 heteroatoms. The number of amides is 1. The summed E-state index contributed by atoms with van der Waals surface area (Å²) in [5.74, 6) is -0.449. The monoisotopic (exact) mass is 242 g/mol. The molecule has 1 unspecified atom stereocenters. The van der Waals surface area contributed by atoms with E-state index in [4.69, 9.17) is 4.74 Å². The second-order valence-electron chi connectivity index (χ2n) is 5.12. The van der Waals surface area contributed by atoms with Gasteiger partial charge in [0.2, 0.25) is 6.04 Å². The third-order valence-corrected chi connectivity index (χ3v) is 3.18. The van der Waals surface area contributed by atoms with Crippen molar-refractivity contribution in [3.63, 3.8) is 0 Å². The zero-order chi connectivity index (χ0) is 13.3. The number of carboxylic acid groups (broad SMARTS) is 1. The van der Waals surface area contributed by atoms with E-state index in [1.807, 2.05) is 20.8 Å². The first-order valence-electron chi connectivity index (χ1n) is 5.73. The van der Waals surface area contributed by atoms with Gasteiger partial charge < -0.3 is 9.84 Å². The molecule has 0 bridgehead atoms. The first-order valence-corrected chi connectivity index (χ1v) is 5.73. The lowest BCUT2D eigenvalue weighted by molar-refractivity contribution is -0.866. The van der Waals surface area contributed by atoms with E-state index in [-0.39, 0.29) is 6.61 Å². The van der Waals surface area contributed by atoms with Gasteiger partial charge in [0.1, 0.15) is 11.7 Å². The van der Waals surface area contributed by atoms with Crippen LogP contribution in [-0.4, -0.2) is 39.8 Å². The van der Waals surface area contributed by atoms with Crippen molar-refractivity contribution < 1.29 is 23.9 Å². The van der Waals surface area contributed by atoms with Gasteiger partial charge in [-0.25, -0.2) is 4.79 Å². The first-order chi connectivity index (χ1) is 7.77. The molecule has 1 aliphatic heterocycles. The Bertz CT molecular complexity index is 356. The van der Waals surface area contributed by atoms with Crippen molar-refractivity contribution in [1.29, 1.82) is 0 Å². The van der Waals surface area contributed by atoms with Crippen LogP contribution in [0.3, 0.4) is 0 Å². The summed E-state index contributed by atoms with van der Waals surface area (Å²) in [6.45, 7) is 7.40. The molecule has 0 aromatic carbocycles. The SMILES string of the molecule is CCOC(=O)[C@H]1CC=C[N+]1(C(=O)O)C(C)(C)C. The van der Waals surface area contributed by atoms with Crippen molar-refractivity contribution in [3.8, 4) is 0 Å². The molecular formula is C12H20NO4+. The van der Waals surface area contributed by atoms with Crippen LogP contribution < -0.4 is 0 Å². The van der Waals surface area contributed by atoms with Crippen molar-refractivity contribution in [1.82, 2.24) is 0 Å². The minimum absolute atomic E-state index is 0.263. The number of quaternary nitrogens is 1. The van der Waals surface area contributed by atoms with Crippen LogP contribution in [0.15, 0.2) is 12.3 Å². The summed E-state index contributed by atoms with van der Waals surface area (Å²) in [7, 11) is 0. The van der Waals surface area contributed by atoms with Gasteiger partial charge in [-0.1, -0.05) is 0 Å². The highest BCUT2D eigenvalue weighted by Crippen LogP contribution is 2.36. The standard InChI is InChI=1S/C12H19NO4/c1-5-17-10(14)9-7-6-8-13(9,11(15)16)12(2,3)4/h6,8-9H,5,7H2,1-4H3/p+1/t9-,13?/m1/s1. The summed E-state index contributed by atoms with van der Waals surface area (Å²) in [5.41, 5.74) is -0.601. The Morgan fingerprint density at radius 2 is 2.06 bits per heavy atom. The lowest BCUT2D eigenvalue weighted by atomic mass is 9.99. The maximum atomic E-state index is 11.9. The van der Waals surface area contributed by atoms with Gasteiger partial charge in [-0.15, -0.1) is 0 Å². The fourth-order valence-corrected chi connectivity index (χ4v) is 2.30. The molecule has 1 amide bonds. The molecule has 1 N–H and O–H groups in total. The predicted octanol–water partition coefficient (Wildman–Crippen LogP) is 2.13. The van der Waals surface area contributed by atoms with Crippen molar-refractivity contribution >= 4 is 12.1 Å². The molecule has 0 saturated heterocycles. The highest BCUT2D eigenvalue weighted by Gasteiger charge is 2.57. The van der Waals surface area contributed by atoms with E-state index in [2.05, 4.69) is 0 Å². The average Bonchev–Trinajstić information content (AvgIpc) is 2.61. The topological polar surface area (TPSA) is 63.6 Å². The Balaban J connectivity index is 3.16. The van der Waals surface area contributed by atoms with Gasteiger partial charge in [0.15, 0.2) is 0 Å². The minimum Gasteiger partial charge on any atom is -0.462 e. The van der Waals surface area contributed by atoms with Gasteiger partial charge in [0.25, 0.3) is 0 Å². The summed E-state index contributed by atoms with van der Waals surface area (Å²) >= 11 is 0. The fraction of sp³-hybridized carbons (Fsp3) is 0.667. The van der Waals surface area contributed by atoms with Crippen molar-refractivity contribution in [3.05, 3.63) is 12.3 Å². The smallest absolute Gasteiger partial charge is 0.462 e. The van der Waals surface area contributed by atoms with Crippen molar-refractivity contribution in [2.75, 3.05) is 6.61 Å². The molecule has 96 valence electrons. The summed E-state index contributed by atoms with van der Waals surface area (Å²) in [6.07, 6.45) is 2.71. The van der Waals surface area contributed by atoms with E-state index >= 15 is 0 Å². The van der Waals surface area contributed by atoms with E-state index in [1.165, 1.54) is 0 Å². The summed E-state index contributed by atoms with van der Waals surface area (Å²) in [4.78, 5) is 23.5. The largest absolute Gasteiger partial charge is 0.519 e. The molecule has 1 heterocycles. The van der Waals surface area contributed by atoms with Crippen LogP contribution in [0.5, 0.6) is 0 Å². The van der Waals surface area contributed by atoms with E-state index in [0.717, 1.165) is 0 Å². The first kappa shape index (κ1) is 13.7. The summed E-state index contributed by atoms with van der Waals surface area (Å²) in [5, 5.41) is 9.50. The Labute approximate surface area is 101 Å². The molecule has 0 fully saturated rings. The number of nitrogens with zero attached hydrogens (tertiary/aromatic N) is 1. The number of rotatable bonds is 2. The molecule has 0 radical (unpaired) electrons. The van der Waals surface area contributed by atoms with Crippen LogP contribution in [0.25, 0.3) is 0 Å². The second-order valence-corrected chi connectivity index (χ2v) is 5.12. The molecule has 1 aliphatic rings. The van der Waals surface area contributed by atoms with Gasteiger partial charge in [-0.2, -0.15) is 9.28 Å². The third kappa shape index (κ3) is 2.07. The van der Waals surface area contributed by atoms with Gasteiger partial charge in [-0.05, 0) is 33.8 Å². The van der Waals surface area contributed by atoms with E-state index in [1.54, 1.807) is 19.2 Å². The predicted molar refractivity (Wildman–Crippen MR) is 62.2 cm³/mol. The highest BCUT2D eigenvalue weighted by molar-refractivity contribution is 5.78. The van der Waals surface area contributed by atoms with E-state index in [0.29, 0.717) is 6.42 Å². The second kappa shape index (κ2) is 4.49. The molecule has 2 atom stereocenters. The van der Waals surface area contributed by atoms with E-state index < -0.39 is 28.1 Å². The lowest BCUT2D eigenvalue weighted by Gasteiger charge is -2.41. The number of hydrogen-bond acceptors (Lipinski definition) is 3. The molecule has 17 heavy (non-hydrogen) atoms. The van der Waals surface area contributed by atoms with Gasteiger partial charge in [0.05, 0.1) is 6.61 Å². The molecule has 5 nitrogen and oxygen atoms in total. The molecule has 0 saturated carbocycles. The van der Waals surface area contributed by atoms with E-state index in [9.17, 15) is 14.7 Å². The van der Waals surface area contributed by atoms with Crippen LogP contribution in [0.1, 0.15) is 34.1 Å².